The predicted octanol–water partition coefficient (Wildman–Crippen LogP) is 4.73. The second kappa shape index (κ2) is 7.33. The van der Waals surface area contributed by atoms with Gasteiger partial charge in [-0.1, -0.05) is 60.3 Å². The molecule has 5 nitrogen and oxygen atoms in total. The van der Waals surface area contributed by atoms with Crippen LogP contribution in [0.3, 0.4) is 0 Å². The standard InChI is InChI=1S/C20H19N3O2S/c1-13(26-20-23-22-19(25-20)15-11-12-15)18(24)21-17-10-6-5-9-16(17)14-7-3-2-4-8-14/h2-10,13,15H,11-12H2,1H3,(H,21,24). The van der Waals surface area contributed by atoms with Crippen molar-refractivity contribution in [2.24, 2.45) is 0 Å². The van der Waals surface area contributed by atoms with E-state index in [1.807, 2.05) is 61.5 Å². The van der Waals surface area contributed by atoms with E-state index >= 15 is 0 Å². The molecule has 26 heavy (non-hydrogen) atoms. The number of amides is 1. The summed E-state index contributed by atoms with van der Waals surface area (Å²) in [5.74, 6) is 1.01. The number of benzene rings is 2. The topological polar surface area (TPSA) is 68.0 Å². The molecule has 1 heterocycles. The van der Waals surface area contributed by atoms with Gasteiger partial charge in [0.25, 0.3) is 5.22 Å². The van der Waals surface area contributed by atoms with Crippen molar-refractivity contribution in [1.29, 1.82) is 0 Å². The summed E-state index contributed by atoms with van der Waals surface area (Å²) in [6.07, 6.45) is 2.22. The number of anilines is 1. The number of carbonyl (C=O) groups is 1. The molecule has 3 aromatic rings. The number of carbonyl (C=O) groups excluding carboxylic acids is 1. The fourth-order valence-electron chi connectivity index (χ4n) is 2.66. The summed E-state index contributed by atoms with van der Waals surface area (Å²) in [5, 5.41) is 11.2. The fourth-order valence-corrected chi connectivity index (χ4v) is 3.35. The van der Waals surface area contributed by atoms with Crippen molar-refractivity contribution < 1.29 is 9.21 Å². The van der Waals surface area contributed by atoms with Gasteiger partial charge in [-0.15, -0.1) is 10.2 Å². The van der Waals surface area contributed by atoms with Gasteiger partial charge in [0.1, 0.15) is 0 Å². The second-order valence-electron chi connectivity index (χ2n) is 6.34. The first-order chi connectivity index (χ1) is 12.7. The molecule has 1 fully saturated rings. The van der Waals surface area contributed by atoms with Gasteiger partial charge in [0.05, 0.1) is 5.25 Å². The van der Waals surface area contributed by atoms with Crippen LogP contribution in [0.25, 0.3) is 11.1 Å². The first-order valence-corrected chi connectivity index (χ1v) is 9.54. The first-order valence-electron chi connectivity index (χ1n) is 8.66. The third kappa shape index (κ3) is 3.80. The molecule has 0 aliphatic heterocycles. The Morgan fingerprint density at radius 1 is 1.12 bits per heavy atom. The summed E-state index contributed by atoms with van der Waals surface area (Å²) in [4.78, 5) is 12.6. The van der Waals surface area contributed by atoms with Crippen molar-refractivity contribution in [1.82, 2.24) is 10.2 Å². The lowest BCUT2D eigenvalue weighted by Crippen LogP contribution is -2.22. The van der Waals surface area contributed by atoms with E-state index in [4.69, 9.17) is 4.42 Å². The molecule has 0 saturated heterocycles. The lowest BCUT2D eigenvalue weighted by molar-refractivity contribution is -0.115. The SMILES string of the molecule is CC(Sc1nnc(C2CC2)o1)C(=O)Nc1ccccc1-c1ccccc1. The molecule has 0 spiro atoms. The van der Waals surface area contributed by atoms with Crippen LogP contribution < -0.4 is 5.32 Å². The molecule has 6 heteroatoms. The van der Waals surface area contributed by atoms with Crippen LogP contribution in [0.2, 0.25) is 0 Å². The highest BCUT2D eigenvalue weighted by atomic mass is 32.2. The third-order valence-electron chi connectivity index (χ3n) is 4.27. The Kier molecular flexibility index (Phi) is 4.75. The summed E-state index contributed by atoms with van der Waals surface area (Å²) in [7, 11) is 0. The molecule has 0 radical (unpaired) electrons. The maximum absolute atomic E-state index is 12.6. The van der Waals surface area contributed by atoms with E-state index in [9.17, 15) is 4.79 Å². The molecule has 1 N–H and O–H groups in total. The third-order valence-corrected chi connectivity index (χ3v) is 5.20. The molecule has 1 amide bonds. The lowest BCUT2D eigenvalue weighted by Gasteiger charge is -2.14. The molecule has 4 rings (SSSR count). The van der Waals surface area contributed by atoms with Crippen molar-refractivity contribution in [3.63, 3.8) is 0 Å². The lowest BCUT2D eigenvalue weighted by atomic mass is 10.0. The van der Waals surface area contributed by atoms with E-state index < -0.39 is 0 Å². The average Bonchev–Trinajstić information content (AvgIpc) is 3.42. The van der Waals surface area contributed by atoms with Crippen molar-refractivity contribution in [3.05, 3.63) is 60.5 Å². The highest BCUT2D eigenvalue weighted by Gasteiger charge is 2.30. The minimum Gasteiger partial charge on any atom is -0.416 e. The van der Waals surface area contributed by atoms with E-state index in [1.54, 1.807) is 0 Å². The Hall–Kier alpha value is -2.60. The largest absolute Gasteiger partial charge is 0.416 e. The summed E-state index contributed by atoms with van der Waals surface area (Å²) in [6.45, 7) is 1.84. The molecule has 1 aliphatic carbocycles. The van der Waals surface area contributed by atoms with Crippen LogP contribution in [0.1, 0.15) is 31.6 Å². The number of nitrogens with zero attached hydrogens (tertiary/aromatic N) is 2. The van der Waals surface area contributed by atoms with E-state index in [-0.39, 0.29) is 11.2 Å². The zero-order valence-corrected chi connectivity index (χ0v) is 15.2. The smallest absolute Gasteiger partial charge is 0.277 e. The highest BCUT2D eigenvalue weighted by Crippen LogP contribution is 2.40. The van der Waals surface area contributed by atoms with Crippen LogP contribution in [-0.4, -0.2) is 21.4 Å². The van der Waals surface area contributed by atoms with E-state index in [2.05, 4.69) is 15.5 Å². The number of hydrogen-bond acceptors (Lipinski definition) is 5. The quantitative estimate of drug-likeness (QED) is 0.639. The zero-order chi connectivity index (χ0) is 17.9. The molecular weight excluding hydrogens is 346 g/mol. The Bertz CT molecular complexity index is 906. The van der Waals surface area contributed by atoms with Crippen molar-refractivity contribution in [3.8, 4) is 11.1 Å². The summed E-state index contributed by atoms with van der Waals surface area (Å²) in [5.41, 5.74) is 2.85. The van der Waals surface area contributed by atoms with Gasteiger partial charge in [-0.3, -0.25) is 4.79 Å². The predicted molar refractivity (Wildman–Crippen MR) is 102 cm³/mol. The Morgan fingerprint density at radius 3 is 2.62 bits per heavy atom. The molecule has 1 aliphatic rings. The van der Waals surface area contributed by atoms with Crippen LogP contribution in [0.4, 0.5) is 5.69 Å². The van der Waals surface area contributed by atoms with Crippen LogP contribution in [0.15, 0.2) is 64.2 Å². The Morgan fingerprint density at radius 2 is 1.85 bits per heavy atom. The highest BCUT2D eigenvalue weighted by molar-refractivity contribution is 8.00. The summed E-state index contributed by atoms with van der Waals surface area (Å²) >= 11 is 1.29. The normalized spacial score (nSPS) is 14.8. The van der Waals surface area contributed by atoms with Gasteiger partial charge in [-0.05, 0) is 31.4 Å². The van der Waals surface area contributed by atoms with Gasteiger partial charge in [0, 0.05) is 17.2 Å². The van der Waals surface area contributed by atoms with Crippen molar-refractivity contribution in [2.75, 3.05) is 5.32 Å². The van der Waals surface area contributed by atoms with E-state index in [1.165, 1.54) is 11.8 Å². The van der Waals surface area contributed by atoms with Gasteiger partial charge in [-0.2, -0.15) is 0 Å². The Labute approximate surface area is 156 Å². The molecular formula is C20H19N3O2S. The second-order valence-corrected chi connectivity index (χ2v) is 7.63. The maximum atomic E-state index is 12.6. The van der Waals surface area contributed by atoms with Gasteiger partial charge >= 0.3 is 0 Å². The van der Waals surface area contributed by atoms with Gasteiger partial charge < -0.3 is 9.73 Å². The fraction of sp³-hybridized carbons (Fsp3) is 0.250. The first kappa shape index (κ1) is 16.8. The van der Waals surface area contributed by atoms with E-state index in [0.717, 1.165) is 29.7 Å². The van der Waals surface area contributed by atoms with Crippen LogP contribution in [-0.2, 0) is 4.79 Å². The van der Waals surface area contributed by atoms with Crippen LogP contribution in [0.5, 0.6) is 0 Å². The van der Waals surface area contributed by atoms with Gasteiger partial charge in [-0.25, -0.2) is 0 Å². The number of hydrogen-bond donors (Lipinski definition) is 1. The van der Waals surface area contributed by atoms with Crippen LogP contribution in [0, 0.1) is 0 Å². The Balaban J connectivity index is 1.45. The molecule has 1 unspecified atom stereocenters. The average molecular weight is 365 g/mol. The number of rotatable bonds is 6. The minimum absolute atomic E-state index is 0.0930. The van der Waals surface area contributed by atoms with Gasteiger partial charge in [0.15, 0.2) is 0 Å². The zero-order valence-electron chi connectivity index (χ0n) is 14.4. The number of aromatic nitrogens is 2. The number of thioether (sulfide) groups is 1. The molecule has 1 atom stereocenters. The number of nitrogens with one attached hydrogen (secondary N) is 1. The summed E-state index contributed by atoms with van der Waals surface area (Å²) in [6, 6.07) is 17.8. The number of para-hydroxylation sites is 1. The van der Waals surface area contributed by atoms with Crippen molar-refractivity contribution in [2.45, 2.75) is 36.2 Å². The molecule has 1 saturated carbocycles. The minimum atomic E-state index is -0.341. The van der Waals surface area contributed by atoms with Crippen molar-refractivity contribution >= 4 is 23.4 Å². The molecule has 132 valence electrons. The monoisotopic (exact) mass is 365 g/mol. The molecule has 0 bridgehead atoms. The maximum Gasteiger partial charge on any atom is 0.277 e. The van der Waals surface area contributed by atoms with Crippen LogP contribution >= 0.6 is 11.8 Å². The molecule has 2 aromatic carbocycles. The summed E-state index contributed by atoms with van der Waals surface area (Å²) < 4.78 is 5.63. The van der Waals surface area contributed by atoms with Gasteiger partial charge in [0.2, 0.25) is 11.8 Å². The molecule has 1 aromatic heterocycles. The van der Waals surface area contributed by atoms with E-state index in [0.29, 0.717) is 17.0 Å².